The van der Waals surface area contributed by atoms with Gasteiger partial charge >= 0.3 is 0 Å². The lowest BCUT2D eigenvalue weighted by molar-refractivity contribution is -0.127. The maximum Gasteiger partial charge on any atom is 0.254 e. The van der Waals surface area contributed by atoms with Gasteiger partial charge in [-0.3, -0.25) is 10.2 Å². The van der Waals surface area contributed by atoms with Gasteiger partial charge in [0, 0.05) is 38.6 Å². The van der Waals surface area contributed by atoms with Crippen molar-refractivity contribution >= 4 is 17.5 Å². The van der Waals surface area contributed by atoms with Crippen LogP contribution >= 0.6 is 11.6 Å². The van der Waals surface area contributed by atoms with Crippen LogP contribution in [0, 0.1) is 0 Å². The smallest absolute Gasteiger partial charge is 0.254 e. The molecule has 1 saturated heterocycles. The van der Waals surface area contributed by atoms with Gasteiger partial charge in [0.25, 0.3) is 5.91 Å². The molecule has 0 radical (unpaired) electrons. The lowest BCUT2D eigenvalue weighted by Crippen LogP contribution is -2.53. The minimum atomic E-state index is -0.0746. The molecule has 1 aliphatic heterocycles. The van der Waals surface area contributed by atoms with Crippen LogP contribution in [0.5, 0.6) is 0 Å². The molecular formula is C10H16ClN5O. The van der Waals surface area contributed by atoms with E-state index in [2.05, 4.69) is 22.4 Å². The predicted molar refractivity (Wildman–Crippen MR) is 64.4 cm³/mol. The fourth-order valence-electron chi connectivity index (χ4n) is 1.71. The topological polar surface area (TPSA) is 53.4 Å². The fourth-order valence-corrected chi connectivity index (χ4v) is 1.89. The first-order chi connectivity index (χ1) is 8.15. The monoisotopic (exact) mass is 257 g/mol. The normalized spacial score (nSPS) is 18.2. The molecular weight excluding hydrogens is 242 g/mol. The second kappa shape index (κ2) is 5.48. The van der Waals surface area contributed by atoms with Crippen molar-refractivity contribution in [3.05, 3.63) is 17.7 Å². The molecule has 1 fully saturated rings. The molecule has 1 amide bonds. The molecule has 0 unspecified atom stereocenters. The maximum atomic E-state index is 11.7. The Morgan fingerprint density at radius 3 is 2.76 bits per heavy atom. The summed E-state index contributed by atoms with van der Waals surface area (Å²) < 4.78 is 1.60. The summed E-state index contributed by atoms with van der Waals surface area (Å²) in [5.41, 5.74) is 2.87. The van der Waals surface area contributed by atoms with E-state index in [1.54, 1.807) is 17.0 Å². The van der Waals surface area contributed by atoms with Gasteiger partial charge in [-0.2, -0.15) is 0 Å². The maximum absolute atomic E-state index is 11.7. The van der Waals surface area contributed by atoms with E-state index in [9.17, 15) is 4.79 Å². The van der Waals surface area contributed by atoms with Crippen molar-refractivity contribution in [1.82, 2.24) is 24.9 Å². The van der Waals surface area contributed by atoms with Crippen LogP contribution in [0.1, 0.15) is 0 Å². The number of nitrogens with one attached hydrogen (secondary N) is 1. The minimum Gasteiger partial charge on any atom is -0.312 e. The highest BCUT2D eigenvalue weighted by Gasteiger charge is 2.16. The molecule has 6 nitrogen and oxygen atoms in total. The van der Waals surface area contributed by atoms with Crippen molar-refractivity contribution in [2.75, 3.05) is 33.2 Å². The number of carbonyl (C=O) groups is 1. The molecule has 0 aliphatic carbocycles. The van der Waals surface area contributed by atoms with Crippen LogP contribution in [0.25, 0.3) is 0 Å². The number of imidazole rings is 1. The van der Waals surface area contributed by atoms with E-state index in [0.717, 1.165) is 26.2 Å². The van der Waals surface area contributed by atoms with Crippen LogP contribution in [0.4, 0.5) is 0 Å². The second-order valence-electron chi connectivity index (χ2n) is 4.15. The number of aromatic nitrogens is 2. The van der Waals surface area contributed by atoms with Crippen molar-refractivity contribution in [2.24, 2.45) is 0 Å². The Kier molecular flexibility index (Phi) is 3.98. The zero-order valence-electron chi connectivity index (χ0n) is 9.77. The number of nitrogens with zero attached hydrogens (tertiary/aromatic N) is 4. The van der Waals surface area contributed by atoms with Gasteiger partial charge < -0.3 is 9.47 Å². The van der Waals surface area contributed by atoms with E-state index in [-0.39, 0.29) is 12.5 Å². The van der Waals surface area contributed by atoms with E-state index in [4.69, 9.17) is 11.6 Å². The van der Waals surface area contributed by atoms with Gasteiger partial charge in [0.15, 0.2) is 0 Å². The molecule has 17 heavy (non-hydrogen) atoms. The molecule has 2 heterocycles. The quantitative estimate of drug-likeness (QED) is 0.816. The number of amides is 1. The summed E-state index contributed by atoms with van der Waals surface area (Å²) in [5, 5.41) is 2.27. The molecule has 0 aromatic carbocycles. The first kappa shape index (κ1) is 12.3. The van der Waals surface area contributed by atoms with Gasteiger partial charge in [-0.25, -0.2) is 9.99 Å². The number of halogens is 1. The summed E-state index contributed by atoms with van der Waals surface area (Å²) in [6.45, 7) is 3.82. The Hall–Kier alpha value is -1.11. The number of likely N-dealkylation sites (N-methyl/N-ethyl adjacent to an activating group) is 1. The largest absolute Gasteiger partial charge is 0.312 e. The predicted octanol–water partition coefficient (Wildman–Crippen LogP) is -0.185. The van der Waals surface area contributed by atoms with Crippen molar-refractivity contribution in [3.8, 4) is 0 Å². The Morgan fingerprint density at radius 1 is 1.47 bits per heavy atom. The Labute approximate surface area is 105 Å². The molecule has 1 aliphatic rings. The minimum absolute atomic E-state index is 0.0746. The average Bonchev–Trinajstić information content (AvgIpc) is 2.68. The zero-order valence-corrected chi connectivity index (χ0v) is 10.5. The van der Waals surface area contributed by atoms with Crippen molar-refractivity contribution in [1.29, 1.82) is 0 Å². The number of hydrazine groups is 1. The molecule has 0 spiro atoms. The second-order valence-corrected chi connectivity index (χ2v) is 4.49. The summed E-state index contributed by atoms with van der Waals surface area (Å²) in [6.07, 6.45) is 3.26. The lowest BCUT2D eigenvalue weighted by atomic mass is 10.4. The van der Waals surface area contributed by atoms with E-state index >= 15 is 0 Å². The lowest BCUT2D eigenvalue weighted by Gasteiger charge is -2.32. The van der Waals surface area contributed by atoms with E-state index < -0.39 is 0 Å². The van der Waals surface area contributed by atoms with E-state index in [0.29, 0.717) is 5.28 Å². The highest BCUT2D eigenvalue weighted by molar-refractivity contribution is 6.28. The average molecular weight is 258 g/mol. The van der Waals surface area contributed by atoms with Gasteiger partial charge in [-0.1, -0.05) is 0 Å². The molecule has 1 aromatic rings. The third-order valence-electron chi connectivity index (χ3n) is 2.76. The summed E-state index contributed by atoms with van der Waals surface area (Å²) in [6, 6.07) is 0. The van der Waals surface area contributed by atoms with Crippen LogP contribution in [-0.2, 0) is 11.3 Å². The van der Waals surface area contributed by atoms with Crippen LogP contribution in [-0.4, -0.2) is 58.6 Å². The molecule has 1 aromatic heterocycles. The Bertz CT molecular complexity index is 386. The van der Waals surface area contributed by atoms with E-state index in [1.807, 2.05) is 5.01 Å². The Morgan fingerprint density at radius 2 is 2.18 bits per heavy atom. The van der Waals surface area contributed by atoms with Crippen LogP contribution in [0.3, 0.4) is 0 Å². The van der Waals surface area contributed by atoms with E-state index in [1.165, 1.54) is 0 Å². The fraction of sp³-hybridized carbons (Fsp3) is 0.600. The number of hydrogen-bond acceptors (Lipinski definition) is 4. The zero-order chi connectivity index (χ0) is 12.3. The summed E-state index contributed by atoms with van der Waals surface area (Å²) >= 11 is 5.80. The summed E-state index contributed by atoms with van der Waals surface area (Å²) in [4.78, 5) is 17.8. The number of rotatable bonds is 3. The summed E-state index contributed by atoms with van der Waals surface area (Å²) in [5.74, 6) is -0.0746. The van der Waals surface area contributed by atoms with Gasteiger partial charge in [-0.15, -0.1) is 0 Å². The first-order valence-corrected chi connectivity index (χ1v) is 5.92. The molecule has 0 bridgehead atoms. The summed E-state index contributed by atoms with van der Waals surface area (Å²) in [7, 11) is 2.07. The third-order valence-corrected chi connectivity index (χ3v) is 3.08. The van der Waals surface area contributed by atoms with Crippen LogP contribution in [0.15, 0.2) is 12.4 Å². The third kappa shape index (κ3) is 3.42. The molecule has 0 saturated carbocycles. The first-order valence-electron chi connectivity index (χ1n) is 5.55. The standard InChI is InChI=1S/C10H16ClN5O/c1-14-4-6-16(7-5-14)13-9(17)8-15-3-2-12-10(15)11/h2-3H,4-8H2,1H3,(H,13,17). The van der Waals surface area contributed by atoms with Gasteiger partial charge in [0.1, 0.15) is 6.54 Å². The van der Waals surface area contributed by atoms with Crippen molar-refractivity contribution in [3.63, 3.8) is 0 Å². The van der Waals surface area contributed by atoms with Crippen molar-refractivity contribution in [2.45, 2.75) is 6.54 Å². The molecule has 7 heteroatoms. The number of hydrogen-bond donors (Lipinski definition) is 1. The highest BCUT2D eigenvalue weighted by atomic mass is 35.5. The SMILES string of the molecule is CN1CCN(NC(=O)Cn2ccnc2Cl)CC1. The molecule has 94 valence electrons. The van der Waals surface area contributed by atoms with Crippen LogP contribution < -0.4 is 5.43 Å². The Balaban J connectivity index is 1.80. The number of piperazine rings is 1. The van der Waals surface area contributed by atoms with Gasteiger partial charge in [0.2, 0.25) is 5.28 Å². The number of carbonyl (C=O) groups excluding carboxylic acids is 1. The van der Waals surface area contributed by atoms with Gasteiger partial charge in [-0.05, 0) is 18.6 Å². The molecule has 2 rings (SSSR count). The highest BCUT2D eigenvalue weighted by Crippen LogP contribution is 2.04. The molecule has 0 atom stereocenters. The van der Waals surface area contributed by atoms with Crippen LogP contribution in [0.2, 0.25) is 5.28 Å². The molecule has 1 N–H and O–H groups in total. The van der Waals surface area contributed by atoms with Crippen molar-refractivity contribution < 1.29 is 4.79 Å². The van der Waals surface area contributed by atoms with Gasteiger partial charge in [0.05, 0.1) is 0 Å².